The van der Waals surface area contributed by atoms with Crippen LogP contribution in [-0.4, -0.2) is 52.9 Å². The molecule has 2 aromatic rings. The summed E-state index contributed by atoms with van der Waals surface area (Å²) in [4.78, 5) is 37.6. The first-order valence-corrected chi connectivity index (χ1v) is 10.3. The summed E-state index contributed by atoms with van der Waals surface area (Å²) in [5.74, 6) is -0.367. The lowest BCUT2D eigenvalue weighted by molar-refractivity contribution is -0.118. The second kappa shape index (κ2) is 7.86. The van der Waals surface area contributed by atoms with E-state index in [9.17, 15) is 18.4 Å². The highest BCUT2D eigenvalue weighted by Crippen LogP contribution is 2.34. The molecule has 7 nitrogen and oxygen atoms in total. The summed E-state index contributed by atoms with van der Waals surface area (Å²) < 4.78 is 26.8. The molecule has 0 unspecified atom stereocenters. The van der Waals surface area contributed by atoms with Crippen LogP contribution in [0, 0.1) is 30.4 Å². The van der Waals surface area contributed by atoms with Crippen LogP contribution in [0.3, 0.4) is 0 Å². The third kappa shape index (κ3) is 3.96. The molecule has 0 radical (unpaired) electrons. The number of nitrogens with one attached hydrogen (secondary N) is 1. The van der Waals surface area contributed by atoms with E-state index < -0.39 is 11.6 Å². The molecule has 0 saturated carbocycles. The number of nitrogens with zero attached hydrogens (tertiary/aromatic N) is 4. The zero-order chi connectivity index (χ0) is 22.4. The van der Waals surface area contributed by atoms with Crippen molar-refractivity contribution in [3.63, 3.8) is 0 Å². The summed E-state index contributed by atoms with van der Waals surface area (Å²) in [6, 6.07) is 2.53. The van der Waals surface area contributed by atoms with Crippen molar-refractivity contribution in [2.75, 3.05) is 30.4 Å². The minimum absolute atomic E-state index is 0.00826. The van der Waals surface area contributed by atoms with Gasteiger partial charge in [-0.3, -0.25) is 9.59 Å². The molecule has 0 aliphatic carbocycles. The molecule has 2 aliphatic rings. The Bertz CT molecular complexity index is 1030. The van der Waals surface area contributed by atoms with Crippen LogP contribution in [0.15, 0.2) is 18.2 Å². The van der Waals surface area contributed by atoms with Gasteiger partial charge in [0.1, 0.15) is 29.2 Å². The van der Waals surface area contributed by atoms with Gasteiger partial charge >= 0.3 is 0 Å². The molecule has 4 rings (SSSR count). The van der Waals surface area contributed by atoms with Gasteiger partial charge in [0.15, 0.2) is 5.82 Å². The van der Waals surface area contributed by atoms with Crippen molar-refractivity contribution < 1.29 is 18.4 Å². The highest BCUT2D eigenvalue weighted by atomic mass is 19.1. The van der Waals surface area contributed by atoms with Crippen molar-refractivity contribution in [2.24, 2.45) is 11.8 Å². The molecule has 164 valence electrons. The third-order valence-corrected chi connectivity index (χ3v) is 5.84. The number of hydrogen-bond donors (Lipinski definition) is 1. The maximum absolute atomic E-state index is 13.4. The van der Waals surface area contributed by atoms with Crippen molar-refractivity contribution in [3.05, 3.63) is 46.9 Å². The summed E-state index contributed by atoms with van der Waals surface area (Å²) in [6.07, 6.45) is 0.573. The minimum atomic E-state index is -0.769. The van der Waals surface area contributed by atoms with Gasteiger partial charge in [-0.05, 0) is 25.0 Å². The number of hydrogen-bond acceptors (Lipinski definition) is 5. The fourth-order valence-corrected chi connectivity index (χ4v) is 4.34. The Morgan fingerprint density at radius 3 is 2.45 bits per heavy atom. The molecule has 1 aromatic heterocycles. The van der Waals surface area contributed by atoms with E-state index in [1.807, 2.05) is 32.7 Å². The predicted molar refractivity (Wildman–Crippen MR) is 112 cm³/mol. The molecule has 2 amide bonds. The summed E-state index contributed by atoms with van der Waals surface area (Å²) >= 11 is 0. The smallest absolute Gasteiger partial charge is 0.254 e. The lowest BCUT2D eigenvalue weighted by Crippen LogP contribution is -2.51. The van der Waals surface area contributed by atoms with Crippen LogP contribution in [0.2, 0.25) is 0 Å². The van der Waals surface area contributed by atoms with Gasteiger partial charge in [0.2, 0.25) is 5.91 Å². The van der Waals surface area contributed by atoms with E-state index in [2.05, 4.69) is 10.3 Å². The zero-order valence-corrected chi connectivity index (χ0v) is 17.9. The molecule has 31 heavy (non-hydrogen) atoms. The molecule has 1 saturated heterocycles. The number of likely N-dealkylation sites (N-methyl/N-ethyl adjacent to an activating group) is 1. The van der Waals surface area contributed by atoms with Gasteiger partial charge in [-0.25, -0.2) is 18.7 Å². The molecule has 3 heterocycles. The molecular weight excluding hydrogens is 404 g/mol. The molecule has 1 atom stereocenters. The summed E-state index contributed by atoms with van der Waals surface area (Å²) in [7, 11) is 1.86. The lowest BCUT2D eigenvalue weighted by atomic mass is 9.94. The average molecular weight is 429 g/mol. The molecule has 1 fully saturated rings. The molecular formula is C22H25F2N5O2. The fourth-order valence-electron chi connectivity index (χ4n) is 4.34. The van der Waals surface area contributed by atoms with Crippen LogP contribution < -0.4 is 10.2 Å². The Morgan fingerprint density at radius 2 is 1.84 bits per heavy atom. The first-order valence-electron chi connectivity index (χ1n) is 10.3. The number of carbonyl (C=O) groups is 2. The normalized spacial score (nSPS) is 18.7. The Morgan fingerprint density at radius 1 is 1.19 bits per heavy atom. The number of benzene rings is 1. The van der Waals surface area contributed by atoms with Crippen LogP contribution >= 0.6 is 0 Å². The summed E-state index contributed by atoms with van der Waals surface area (Å²) in [5, 5.41) is 2.93. The van der Waals surface area contributed by atoms with Gasteiger partial charge in [-0.15, -0.1) is 0 Å². The number of rotatable bonds is 4. The van der Waals surface area contributed by atoms with E-state index in [0.717, 1.165) is 18.2 Å². The number of likely N-dealkylation sites (tertiary alicyclic amines) is 1. The average Bonchev–Trinajstić information content (AvgIpc) is 2.64. The fraction of sp³-hybridized carbons (Fsp3) is 0.455. The Labute approximate surface area is 179 Å². The number of carbonyl (C=O) groups excluding carboxylic acids is 2. The molecule has 2 aliphatic heterocycles. The number of aromatic nitrogens is 2. The van der Waals surface area contributed by atoms with E-state index in [0.29, 0.717) is 42.5 Å². The van der Waals surface area contributed by atoms with E-state index in [-0.39, 0.29) is 35.3 Å². The zero-order valence-electron chi connectivity index (χ0n) is 17.9. The van der Waals surface area contributed by atoms with Crippen LogP contribution in [-0.2, 0) is 11.2 Å². The van der Waals surface area contributed by atoms with Crippen molar-refractivity contribution >= 4 is 23.3 Å². The number of aryl methyl sites for hydroxylation is 1. The summed E-state index contributed by atoms with van der Waals surface area (Å²) in [5.41, 5.74) is 1.34. The third-order valence-electron chi connectivity index (χ3n) is 5.84. The van der Waals surface area contributed by atoms with Crippen LogP contribution in [0.25, 0.3) is 0 Å². The quantitative estimate of drug-likeness (QED) is 0.809. The molecule has 1 N–H and O–H groups in total. The van der Waals surface area contributed by atoms with Gasteiger partial charge in [0.25, 0.3) is 5.91 Å². The molecule has 1 aromatic carbocycles. The number of halogens is 2. The van der Waals surface area contributed by atoms with E-state index >= 15 is 0 Å². The van der Waals surface area contributed by atoms with Crippen LogP contribution in [0.5, 0.6) is 0 Å². The predicted octanol–water partition coefficient (Wildman–Crippen LogP) is 2.79. The Kier molecular flexibility index (Phi) is 5.36. The van der Waals surface area contributed by atoms with Gasteiger partial charge in [-0.1, -0.05) is 13.8 Å². The van der Waals surface area contributed by atoms with Crippen LogP contribution in [0.4, 0.5) is 20.3 Å². The Balaban J connectivity index is 1.45. The molecule has 9 heteroatoms. The summed E-state index contributed by atoms with van der Waals surface area (Å²) in [6.45, 7) is 6.76. The van der Waals surface area contributed by atoms with Crippen LogP contribution in [0.1, 0.15) is 35.7 Å². The molecule has 0 bridgehead atoms. The maximum Gasteiger partial charge on any atom is 0.254 e. The standard InChI is InChI=1S/C22H25F2N5O2/c1-11(2)19-21(30)27-18-12(3)25-17(26-20(18)28(19)4)5-13-9-29(10-13)22(31)14-6-15(23)8-16(24)7-14/h6-8,11,13,19H,5,9-10H2,1-4H3,(H,27,30)/t19-/m0/s1. The number of amides is 2. The highest BCUT2D eigenvalue weighted by molar-refractivity contribution is 6.03. The molecule has 0 spiro atoms. The number of anilines is 2. The van der Waals surface area contributed by atoms with E-state index in [4.69, 9.17) is 4.98 Å². The second-order valence-electron chi connectivity index (χ2n) is 8.65. The van der Waals surface area contributed by atoms with Crippen molar-refractivity contribution in [2.45, 2.75) is 33.2 Å². The Hall–Kier alpha value is -3.10. The maximum atomic E-state index is 13.4. The van der Waals surface area contributed by atoms with Gasteiger partial charge in [0.05, 0.1) is 5.69 Å². The largest absolute Gasteiger partial charge is 0.346 e. The monoisotopic (exact) mass is 429 g/mol. The van der Waals surface area contributed by atoms with Gasteiger partial charge in [0, 0.05) is 44.1 Å². The van der Waals surface area contributed by atoms with E-state index in [1.165, 1.54) is 0 Å². The van der Waals surface area contributed by atoms with Gasteiger partial charge in [-0.2, -0.15) is 0 Å². The SMILES string of the molecule is Cc1nc(CC2CN(C(=O)c3cc(F)cc(F)c3)C2)nc2c1NC(=O)[C@H](C(C)C)N2C. The highest BCUT2D eigenvalue weighted by Gasteiger charge is 2.36. The number of fused-ring (bicyclic) bond motifs is 1. The topological polar surface area (TPSA) is 78.4 Å². The first-order chi connectivity index (χ1) is 14.6. The van der Waals surface area contributed by atoms with Crippen molar-refractivity contribution in [1.82, 2.24) is 14.9 Å². The second-order valence-corrected chi connectivity index (χ2v) is 8.65. The van der Waals surface area contributed by atoms with Crippen molar-refractivity contribution in [3.8, 4) is 0 Å². The minimum Gasteiger partial charge on any atom is -0.346 e. The van der Waals surface area contributed by atoms with Crippen molar-refractivity contribution in [1.29, 1.82) is 0 Å². The van der Waals surface area contributed by atoms with E-state index in [1.54, 1.807) is 4.90 Å². The lowest BCUT2D eigenvalue weighted by Gasteiger charge is -2.40. The van der Waals surface area contributed by atoms with Gasteiger partial charge < -0.3 is 15.1 Å². The first kappa shape index (κ1) is 21.1.